The van der Waals surface area contributed by atoms with Crippen LogP contribution in [0.3, 0.4) is 0 Å². The van der Waals surface area contributed by atoms with Crippen LogP contribution in [0.4, 0.5) is 4.39 Å². The highest BCUT2D eigenvalue weighted by Crippen LogP contribution is 2.50. The predicted molar refractivity (Wildman–Crippen MR) is 89.2 cm³/mol. The Bertz CT molecular complexity index is 580. The fourth-order valence-electron chi connectivity index (χ4n) is 2.27. The minimum absolute atomic E-state index is 0.00248. The highest BCUT2D eigenvalue weighted by Gasteiger charge is 2.28. The molecular weight excluding hydrogens is 338 g/mol. The maximum absolute atomic E-state index is 14.7. The summed E-state index contributed by atoms with van der Waals surface area (Å²) in [5.74, 6) is -0.0195. The monoisotopic (exact) mass is 364 g/mol. The van der Waals surface area contributed by atoms with E-state index in [1.54, 1.807) is 13.8 Å². The molecule has 0 bridgehead atoms. The molecule has 1 aromatic rings. The summed E-state index contributed by atoms with van der Waals surface area (Å²) in [6, 6.07) is 1.51. The Hall–Kier alpha value is -1.14. The van der Waals surface area contributed by atoms with Crippen LogP contribution in [0.1, 0.15) is 44.7 Å². The van der Waals surface area contributed by atoms with Gasteiger partial charge in [-0.2, -0.15) is 0 Å². The Morgan fingerprint density at radius 2 is 1.67 bits per heavy atom. The lowest BCUT2D eigenvalue weighted by Crippen LogP contribution is -2.06. The van der Waals surface area contributed by atoms with Crippen molar-refractivity contribution >= 4 is 7.82 Å². The molecule has 0 N–H and O–H groups in total. The van der Waals surface area contributed by atoms with Gasteiger partial charge in [0.05, 0.1) is 34.0 Å². The van der Waals surface area contributed by atoms with Crippen LogP contribution >= 0.6 is 7.82 Å². The third-order valence-electron chi connectivity index (χ3n) is 3.25. The average Bonchev–Trinajstić information content (AvgIpc) is 2.53. The van der Waals surface area contributed by atoms with E-state index in [1.165, 1.54) is 20.3 Å². The molecule has 8 heteroatoms. The zero-order valence-electron chi connectivity index (χ0n) is 15.1. The summed E-state index contributed by atoms with van der Waals surface area (Å²) in [4.78, 5) is 0. The molecule has 0 radical (unpaired) electrons. The standard InChI is InChI=1S/C16H26FO6P/c1-7-21-24(18,22-8-2)23-10-12-9-13(19-5)14(11(3)4)16(20-6)15(12)17/h9,11H,7-8,10H2,1-6H3. The van der Waals surface area contributed by atoms with Gasteiger partial charge in [-0.05, 0) is 25.8 Å². The van der Waals surface area contributed by atoms with E-state index < -0.39 is 13.6 Å². The van der Waals surface area contributed by atoms with Gasteiger partial charge < -0.3 is 9.47 Å². The molecule has 0 atom stereocenters. The van der Waals surface area contributed by atoms with E-state index in [-0.39, 0.29) is 37.1 Å². The number of rotatable bonds is 10. The van der Waals surface area contributed by atoms with E-state index in [1.807, 2.05) is 13.8 Å². The number of hydrogen-bond donors (Lipinski definition) is 0. The van der Waals surface area contributed by atoms with E-state index in [0.717, 1.165) is 0 Å². The molecular formula is C16H26FO6P. The van der Waals surface area contributed by atoms with Crippen molar-refractivity contribution in [2.24, 2.45) is 0 Å². The molecule has 24 heavy (non-hydrogen) atoms. The fourth-order valence-corrected chi connectivity index (χ4v) is 3.43. The Morgan fingerprint density at radius 3 is 2.08 bits per heavy atom. The van der Waals surface area contributed by atoms with Crippen LogP contribution in [0, 0.1) is 5.82 Å². The number of ether oxygens (including phenoxy) is 2. The van der Waals surface area contributed by atoms with Gasteiger partial charge in [0.15, 0.2) is 11.6 Å². The van der Waals surface area contributed by atoms with Crippen LogP contribution in [-0.4, -0.2) is 27.4 Å². The molecule has 0 spiro atoms. The maximum Gasteiger partial charge on any atom is 0.475 e. The summed E-state index contributed by atoms with van der Waals surface area (Å²) < 4.78 is 52.9. The normalized spacial score (nSPS) is 11.8. The summed E-state index contributed by atoms with van der Waals surface area (Å²) in [5, 5.41) is 0. The highest BCUT2D eigenvalue weighted by atomic mass is 31.2. The van der Waals surface area contributed by atoms with Gasteiger partial charge in [-0.1, -0.05) is 13.8 Å². The average molecular weight is 364 g/mol. The first kappa shape index (κ1) is 20.9. The first-order valence-electron chi connectivity index (χ1n) is 7.80. The van der Waals surface area contributed by atoms with Crippen molar-refractivity contribution in [3.05, 3.63) is 23.0 Å². The molecule has 1 rings (SSSR count). The van der Waals surface area contributed by atoms with Crippen LogP contribution in [0.25, 0.3) is 0 Å². The number of halogens is 1. The quantitative estimate of drug-likeness (QED) is 0.563. The Morgan fingerprint density at radius 1 is 1.08 bits per heavy atom. The molecule has 0 amide bonds. The van der Waals surface area contributed by atoms with Gasteiger partial charge in [-0.25, -0.2) is 8.96 Å². The fraction of sp³-hybridized carbons (Fsp3) is 0.625. The summed E-state index contributed by atoms with van der Waals surface area (Å²) >= 11 is 0. The molecule has 6 nitrogen and oxygen atoms in total. The van der Waals surface area contributed by atoms with Crippen molar-refractivity contribution in [1.82, 2.24) is 0 Å². The van der Waals surface area contributed by atoms with Gasteiger partial charge >= 0.3 is 7.82 Å². The van der Waals surface area contributed by atoms with Gasteiger partial charge in [0.1, 0.15) is 5.75 Å². The van der Waals surface area contributed by atoms with Gasteiger partial charge in [0.2, 0.25) is 0 Å². The van der Waals surface area contributed by atoms with Gasteiger partial charge in [0, 0.05) is 11.1 Å². The topological polar surface area (TPSA) is 63.2 Å². The van der Waals surface area contributed by atoms with Crippen LogP contribution in [-0.2, 0) is 24.7 Å². The SMILES string of the molecule is CCOP(=O)(OCC)OCc1cc(OC)c(C(C)C)c(OC)c1F. The second kappa shape index (κ2) is 9.37. The zero-order valence-corrected chi connectivity index (χ0v) is 15.9. The molecule has 138 valence electrons. The molecule has 0 aliphatic heterocycles. The number of methoxy groups -OCH3 is 2. The van der Waals surface area contributed by atoms with E-state index in [4.69, 9.17) is 23.0 Å². The van der Waals surface area contributed by atoms with Gasteiger partial charge in [-0.3, -0.25) is 13.6 Å². The minimum Gasteiger partial charge on any atom is -0.496 e. The first-order valence-corrected chi connectivity index (χ1v) is 9.26. The summed E-state index contributed by atoms with van der Waals surface area (Å²) in [6.07, 6.45) is 0. The minimum atomic E-state index is -3.73. The van der Waals surface area contributed by atoms with E-state index >= 15 is 0 Å². The van der Waals surface area contributed by atoms with Crippen LogP contribution < -0.4 is 9.47 Å². The largest absolute Gasteiger partial charge is 0.496 e. The lowest BCUT2D eigenvalue weighted by molar-refractivity contribution is 0.115. The smallest absolute Gasteiger partial charge is 0.475 e. The van der Waals surface area contributed by atoms with Crippen LogP contribution in [0.5, 0.6) is 11.5 Å². The first-order chi connectivity index (χ1) is 11.3. The zero-order chi connectivity index (χ0) is 18.3. The van der Waals surface area contributed by atoms with Crippen LogP contribution in [0.15, 0.2) is 6.07 Å². The van der Waals surface area contributed by atoms with E-state index in [9.17, 15) is 8.96 Å². The molecule has 1 aromatic carbocycles. The van der Waals surface area contributed by atoms with Crippen molar-refractivity contribution in [1.29, 1.82) is 0 Å². The lowest BCUT2D eigenvalue weighted by atomic mass is 9.98. The van der Waals surface area contributed by atoms with Crippen molar-refractivity contribution < 1.29 is 32.0 Å². The highest BCUT2D eigenvalue weighted by molar-refractivity contribution is 7.48. The Balaban J connectivity index is 3.19. The van der Waals surface area contributed by atoms with Crippen molar-refractivity contribution in [2.75, 3.05) is 27.4 Å². The van der Waals surface area contributed by atoms with Gasteiger partial charge in [0.25, 0.3) is 0 Å². The second-order valence-corrected chi connectivity index (χ2v) is 6.88. The molecule has 0 aliphatic rings. The molecule has 0 heterocycles. The van der Waals surface area contributed by atoms with Crippen LogP contribution in [0.2, 0.25) is 0 Å². The molecule has 0 fully saturated rings. The number of hydrogen-bond acceptors (Lipinski definition) is 6. The molecule has 0 aromatic heterocycles. The van der Waals surface area contributed by atoms with Crippen molar-refractivity contribution in [3.63, 3.8) is 0 Å². The molecule has 0 aliphatic carbocycles. The summed E-state index contributed by atoms with van der Waals surface area (Å²) in [6.45, 7) is 7.16. The molecule has 0 saturated carbocycles. The summed E-state index contributed by atoms with van der Waals surface area (Å²) in [7, 11) is -0.848. The number of phosphoric acid groups is 1. The Labute approximate surface area is 142 Å². The second-order valence-electron chi connectivity index (χ2n) is 5.21. The maximum atomic E-state index is 14.7. The third-order valence-corrected chi connectivity index (χ3v) is 4.84. The number of benzene rings is 1. The summed E-state index contributed by atoms with van der Waals surface area (Å²) in [5.41, 5.74) is 0.770. The molecule has 0 unspecified atom stereocenters. The van der Waals surface area contributed by atoms with Gasteiger partial charge in [-0.15, -0.1) is 0 Å². The number of phosphoric ester groups is 1. The third kappa shape index (κ3) is 4.93. The predicted octanol–water partition coefficient (Wildman–Crippen LogP) is 4.66. The van der Waals surface area contributed by atoms with Crippen molar-refractivity contribution in [3.8, 4) is 11.5 Å². The Kier molecular flexibility index (Phi) is 8.16. The molecule has 0 saturated heterocycles. The lowest BCUT2D eigenvalue weighted by Gasteiger charge is -2.20. The van der Waals surface area contributed by atoms with Crippen molar-refractivity contribution in [2.45, 2.75) is 40.2 Å². The van der Waals surface area contributed by atoms with E-state index in [0.29, 0.717) is 11.3 Å². The van der Waals surface area contributed by atoms with E-state index in [2.05, 4.69) is 0 Å².